The van der Waals surface area contributed by atoms with E-state index in [0.29, 0.717) is 23.4 Å². The summed E-state index contributed by atoms with van der Waals surface area (Å²) in [7, 11) is 0. The van der Waals surface area contributed by atoms with Crippen LogP contribution in [0.2, 0.25) is 0 Å². The van der Waals surface area contributed by atoms with E-state index in [9.17, 15) is 22.8 Å². The van der Waals surface area contributed by atoms with Crippen molar-refractivity contribution in [1.29, 1.82) is 0 Å². The Bertz CT molecular complexity index is 976. The molecule has 0 aromatic heterocycles. The summed E-state index contributed by atoms with van der Waals surface area (Å²) < 4.78 is 44.0. The SMILES string of the molecule is CC(=O)NCC1CN(c2ccc(-c3ccc(CNCC=C(F)F)cc3)c(F)c2)C(=O)O1. The summed E-state index contributed by atoms with van der Waals surface area (Å²) in [6, 6.07) is 11.5. The van der Waals surface area contributed by atoms with Crippen LogP contribution in [0, 0.1) is 5.82 Å². The second kappa shape index (κ2) is 10.1. The predicted octanol–water partition coefficient (Wildman–Crippen LogP) is 3.82. The molecule has 2 aromatic rings. The van der Waals surface area contributed by atoms with Crippen molar-refractivity contribution in [2.75, 3.05) is 24.5 Å². The minimum absolute atomic E-state index is 0.0603. The number of rotatable bonds is 8. The fourth-order valence-electron chi connectivity index (χ4n) is 3.17. The average molecular weight is 433 g/mol. The van der Waals surface area contributed by atoms with E-state index in [1.165, 1.54) is 17.9 Å². The second-order valence-corrected chi connectivity index (χ2v) is 7.04. The van der Waals surface area contributed by atoms with Crippen LogP contribution in [-0.4, -0.2) is 37.7 Å². The van der Waals surface area contributed by atoms with Gasteiger partial charge in [-0.15, -0.1) is 0 Å². The lowest BCUT2D eigenvalue weighted by molar-refractivity contribution is -0.119. The largest absolute Gasteiger partial charge is 0.442 e. The van der Waals surface area contributed by atoms with Crippen LogP contribution >= 0.6 is 0 Å². The molecule has 2 N–H and O–H groups in total. The Balaban J connectivity index is 1.65. The van der Waals surface area contributed by atoms with Gasteiger partial charge in [0.15, 0.2) is 0 Å². The molecule has 1 aliphatic rings. The van der Waals surface area contributed by atoms with E-state index >= 15 is 0 Å². The van der Waals surface area contributed by atoms with Gasteiger partial charge in [-0.05, 0) is 35.4 Å². The highest BCUT2D eigenvalue weighted by molar-refractivity contribution is 5.90. The van der Waals surface area contributed by atoms with Crippen molar-refractivity contribution >= 4 is 17.7 Å². The third-order valence-corrected chi connectivity index (χ3v) is 4.71. The molecule has 1 unspecified atom stereocenters. The van der Waals surface area contributed by atoms with Crippen molar-refractivity contribution in [1.82, 2.24) is 10.6 Å². The van der Waals surface area contributed by atoms with Crippen LogP contribution in [0.15, 0.2) is 54.6 Å². The van der Waals surface area contributed by atoms with Crippen molar-refractivity contribution < 1.29 is 27.5 Å². The minimum Gasteiger partial charge on any atom is -0.442 e. The van der Waals surface area contributed by atoms with Gasteiger partial charge in [0.05, 0.1) is 18.8 Å². The molecule has 6 nitrogen and oxygen atoms in total. The number of halogens is 3. The van der Waals surface area contributed by atoms with Crippen molar-refractivity contribution in [3.8, 4) is 11.1 Å². The number of nitrogens with zero attached hydrogens (tertiary/aromatic N) is 1. The van der Waals surface area contributed by atoms with Gasteiger partial charge >= 0.3 is 6.09 Å². The first kappa shape index (κ1) is 22.4. The quantitative estimate of drug-likeness (QED) is 0.621. The maximum Gasteiger partial charge on any atom is 0.414 e. The normalized spacial score (nSPS) is 15.5. The van der Waals surface area contributed by atoms with E-state index in [2.05, 4.69) is 10.6 Å². The molecule has 1 aliphatic heterocycles. The van der Waals surface area contributed by atoms with Crippen LogP contribution in [-0.2, 0) is 16.1 Å². The molecule has 164 valence electrons. The first-order valence-electron chi connectivity index (χ1n) is 9.67. The maximum absolute atomic E-state index is 14.8. The standard InChI is InChI=1S/C22H22F3N3O3/c1-14(29)27-12-18-13-28(22(30)31-18)17-6-7-19(20(23)10-17)16-4-2-15(3-5-16)11-26-9-8-21(24)25/h2-8,10,18,26H,9,11-13H2,1H3,(H,27,29). The van der Waals surface area contributed by atoms with Gasteiger partial charge in [-0.1, -0.05) is 24.3 Å². The van der Waals surface area contributed by atoms with E-state index in [1.54, 1.807) is 36.4 Å². The molecule has 0 spiro atoms. The van der Waals surface area contributed by atoms with E-state index in [-0.39, 0.29) is 25.5 Å². The van der Waals surface area contributed by atoms with E-state index in [0.717, 1.165) is 11.6 Å². The number of hydrogen-bond donors (Lipinski definition) is 2. The number of benzene rings is 2. The summed E-state index contributed by atoms with van der Waals surface area (Å²) >= 11 is 0. The second-order valence-electron chi connectivity index (χ2n) is 7.04. The molecule has 1 saturated heterocycles. The van der Waals surface area contributed by atoms with Gasteiger partial charge in [0, 0.05) is 25.6 Å². The zero-order valence-corrected chi connectivity index (χ0v) is 16.8. The molecule has 2 amide bonds. The number of amides is 2. The van der Waals surface area contributed by atoms with Gasteiger partial charge in [0.25, 0.3) is 6.08 Å². The van der Waals surface area contributed by atoms with E-state index in [4.69, 9.17) is 4.74 Å². The fraction of sp³-hybridized carbons (Fsp3) is 0.273. The average Bonchev–Trinajstić information content (AvgIpc) is 3.11. The topological polar surface area (TPSA) is 70.7 Å². The minimum atomic E-state index is -1.73. The molecular weight excluding hydrogens is 411 g/mol. The summed E-state index contributed by atoms with van der Waals surface area (Å²) in [5, 5.41) is 5.45. The number of ether oxygens (including phenoxy) is 1. The van der Waals surface area contributed by atoms with Gasteiger partial charge in [0.1, 0.15) is 11.9 Å². The third-order valence-electron chi connectivity index (χ3n) is 4.71. The Kier molecular flexibility index (Phi) is 7.30. The molecule has 1 atom stereocenters. The monoisotopic (exact) mass is 433 g/mol. The molecule has 0 aliphatic carbocycles. The predicted molar refractivity (Wildman–Crippen MR) is 110 cm³/mol. The number of carbonyl (C=O) groups excluding carboxylic acids is 2. The van der Waals surface area contributed by atoms with Gasteiger partial charge in [-0.2, -0.15) is 8.78 Å². The van der Waals surface area contributed by atoms with Crippen LogP contribution in [0.4, 0.5) is 23.7 Å². The molecule has 31 heavy (non-hydrogen) atoms. The Morgan fingerprint density at radius 3 is 2.61 bits per heavy atom. The molecule has 0 bridgehead atoms. The lowest BCUT2D eigenvalue weighted by atomic mass is 10.0. The fourth-order valence-corrected chi connectivity index (χ4v) is 3.17. The number of hydrogen-bond acceptors (Lipinski definition) is 4. The molecule has 9 heteroatoms. The molecule has 3 rings (SSSR count). The molecule has 2 aromatic carbocycles. The van der Waals surface area contributed by atoms with Crippen molar-refractivity contribution in [2.45, 2.75) is 19.6 Å². The summed E-state index contributed by atoms with van der Waals surface area (Å²) in [6.45, 7) is 2.24. The summed E-state index contributed by atoms with van der Waals surface area (Å²) in [6.07, 6.45) is -2.03. The van der Waals surface area contributed by atoms with Crippen LogP contribution in [0.1, 0.15) is 12.5 Å². The Morgan fingerprint density at radius 1 is 1.23 bits per heavy atom. The highest BCUT2D eigenvalue weighted by Gasteiger charge is 2.32. The first-order chi connectivity index (χ1) is 14.8. The number of carbonyl (C=O) groups is 2. The Morgan fingerprint density at radius 2 is 1.97 bits per heavy atom. The van der Waals surface area contributed by atoms with E-state index < -0.39 is 24.1 Å². The lowest BCUT2D eigenvalue weighted by Crippen LogP contribution is -2.33. The highest BCUT2D eigenvalue weighted by atomic mass is 19.3. The number of cyclic esters (lactones) is 1. The van der Waals surface area contributed by atoms with Gasteiger partial charge in [-0.3, -0.25) is 9.69 Å². The van der Waals surface area contributed by atoms with Crippen LogP contribution in [0.5, 0.6) is 0 Å². The zero-order valence-electron chi connectivity index (χ0n) is 16.8. The summed E-state index contributed by atoms with van der Waals surface area (Å²) in [4.78, 5) is 24.4. The van der Waals surface area contributed by atoms with Crippen LogP contribution in [0.3, 0.4) is 0 Å². The molecule has 1 fully saturated rings. The molecule has 0 radical (unpaired) electrons. The van der Waals surface area contributed by atoms with Crippen molar-refractivity contribution in [3.63, 3.8) is 0 Å². The third kappa shape index (κ3) is 6.08. The Labute approximate surface area is 177 Å². The van der Waals surface area contributed by atoms with Crippen molar-refractivity contribution in [2.24, 2.45) is 0 Å². The lowest BCUT2D eigenvalue weighted by Gasteiger charge is -2.15. The van der Waals surface area contributed by atoms with E-state index in [1.807, 2.05) is 0 Å². The number of nitrogens with one attached hydrogen (secondary N) is 2. The van der Waals surface area contributed by atoms with Crippen molar-refractivity contribution in [3.05, 3.63) is 66.0 Å². The molecule has 0 saturated carbocycles. The van der Waals surface area contributed by atoms with Gasteiger partial charge in [0.2, 0.25) is 5.91 Å². The smallest absolute Gasteiger partial charge is 0.414 e. The summed E-state index contributed by atoms with van der Waals surface area (Å²) in [5.41, 5.74) is 2.26. The van der Waals surface area contributed by atoms with Crippen LogP contribution < -0.4 is 15.5 Å². The number of anilines is 1. The van der Waals surface area contributed by atoms with Gasteiger partial charge < -0.3 is 15.4 Å². The Hall–Kier alpha value is -3.33. The summed E-state index contributed by atoms with van der Waals surface area (Å²) in [5.74, 6) is -0.720. The highest BCUT2D eigenvalue weighted by Crippen LogP contribution is 2.29. The molecule has 1 heterocycles. The van der Waals surface area contributed by atoms with Crippen LogP contribution in [0.25, 0.3) is 11.1 Å². The van der Waals surface area contributed by atoms with Gasteiger partial charge in [-0.25, -0.2) is 9.18 Å². The first-order valence-corrected chi connectivity index (χ1v) is 9.67. The maximum atomic E-state index is 14.8. The molecular formula is C22H22F3N3O3. The zero-order chi connectivity index (χ0) is 22.4.